The zero-order valence-corrected chi connectivity index (χ0v) is 9.85. The van der Waals surface area contributed by atoms with Crippen molar-refractivity contribution in [3.05, 3.63) is 59.2 Å². The SMILES string of the molecule is Cc1cc(-c2cc(F)cc(F)c2)ccc1C(F)(F)F. The molecule has 0 aliphatic carbocycles. The van der Waals surface area contributed by atoms with Crippen LogP contribution in [0.5, 0.6) is 0 Å². The van der Waals surface area contributed by atoms with E-state index in [0.717, 1.165) is 18.2 Å². The molecule has 0 bridgehead atoms. The van der Waals surface area contributed by atoms with Crippen molar-refractivity contribution < 1.29 is 22.0 Å². The van der Waals surface area contributed by atoms with Crippen molar-refractivity contribution in [3.63, 3.8) is 0 Å². The van der Waals surface area contributed by atoms with Crippen molar-refractivity contribution in [2.45, 2.75) is 13.1 Å². The van der Waals surface area contributed by atoms with Crippen LogP contribution in [0.4, 0.5) is 22.0 Å². The van der Waals surface area contributed by atoms with Crippen molar-refractivity contribution in [3.8, 4) is 11.1 Å². The molecule has 2 rings (SSSR count). The topological polar surface area (TPSA) is 0 Å². The van der Waals surface area contributed by atoms with Gasteiger partial charge >= 0.3 is 6.18 Å². The molecular formula is C14H9F5. The van der Waals surface area contributed by atoms with Crippen LogP contribution in [0.3, 0.4) is 0 Å². The van der Waals surface area contributed by atoms with Crippen molar-refractivity contribution in [2.75, 3.05) is 0 Å². The summed E-state index contributed by atoms with van der Waals surface area (Å²) in [6.07, 6.45) is -4.43. The van der Waals surface area contributed by atoms with E-state index in [1.54, 1.807) is 0 Å². The number of rotatable bonds is 1. The highest BCUT2D eigenvalue weighted by Crippen LogP contribution is 2.34. The van der Waals surface area contributed by atoms with E-state index in [4.69, 9.17) is 0 Å². The molecule has 0 aliphatic rings. The van der Waals surface area contributed by atoms with Crippen LogP contribution in [0, 0.1) is 18.6 Å². The molecule has 0 heterocycles. The van der Waals surface area contributed by atoms with Crippen LogP contribution >= 0.6 is 0 Å². The largest absolute Gasteiger partial charge is 0.416 e. The van der Waals surface area contributed by atoms with Crippen molar-refractivity contribution >= 4 is 0 Å². The quantitative estimate of drug-likeness (QED) is 0.644. The third-order valence-electron chi connectivity index (χ3n) is 2.73. The Bertz CT molecular complexity index is 593. The second kappa shape index (κ2) is 4.64. The molecule has 0 saturated carbocycles. The van der Waals surface area contributed by atoms with Gasteiger partial charge in [0.25, 0.3) is 0 Å². The van der Waals surface area contributed by atoms with E-state index in [-0.39, 0.29) is 11.1 Å². The van der Waals surface area contributed by atoms with Gasteiger partial charge in [-0.1, -0.05) is 12.1 Å². The molecule has 0 aliphatic heterocycles. The van der Waals surface area contributed by atoms with Gasteiger partial charge in [-0.15, -0.1) is 0 Å². The molecule has 0 N–H and O–H groups in total. The van der Waals surface area contributed by atoms with E-state index in [1.165, 1.54) is 19.1 Å². The van der Waals surface area contributed by atoms with Crippen LogP contribution in [0.1, 0.15) is 11.1 Å². The Kier molecular flexibility index (Phi) is 3.30. The predicted octanol–water partition coefficient (Wildman–Crippen LogP) is 4.96. The molecule has 5 heteroatoms. The third kappa shape index (κ3) is 2.92. The van der Waals surface area contributed by atoms with Crippen LogP contribution < -0.4 is 0 Å². The molecule has 0 atom stereocenters. The number of hydrogen-bond donors (Lipinski definition) is 0. The summed E-state index contributed by atoms with van der Waals surface area (Å²) in [4.78, 5) is 0. The third-order valence-corrected chi connectivity index (χ3v) is 2.73. The van der Waals surface area contributed by atoms with Crippen molar-refractivity contribution in [1.29, 1.82) is 0 Å². The van der Waals surface area contributed by atoms with Gasteiger partial charge in [-0.2, -0.15) is 13.2 Å². The lowest BCUT2D eigenvalue weighted by atomic mass is 9.99. The van der Waals surface area contributed by atoms with E-state index in [2.05, 4.69) is 0 Å². The number of halogens is 5. The van der Waals surface area contributed by atoms with Crippen molar-refractivity contribution in [2.24, 2.45) is 0 Å². The molecule has 0 aromatic heterocycles. The molecule has 100 valence electrons. The minimum Gasteiger partial charge on any atom is -0.207 e. The standard InChI is InChI=1S/C14H9F5/c1-8-4-9(2-3-13(8)14(17,18)19)10-5-11(15)7-12(16)6-10/h2-7H,1H3. The Labute approximate surface area is 106 Å². The van der Waals surface area contributed by atoms with Gasteiger partial charge in [0.15, 0.2) is 0 Å². The maximum Gasteiger partial charge on any atom is 0.416 e. The summed E-state index contributed by atoms with van der Waals surface area (Å²) in [6, 6.07) is 6.23. The minimum absolute atomic E-state index is 0.00895. The Morgan fingerprint density at radius 2 is 1.37 bits per heavy atom. The average Bonchev–Trinajstić information content (AvgIpc) is 2.25. The Morgan fingerprint density at radius 1 is 0.789 bits per heavy atom. The van der Waals surface area contributed by atoms with Crippen LogP contribution in [0.15, 0.2) is 36.4 Å². The normalized spacial score (nSPS) is 11.7. The van der Waals surface area contributed by atoms with Crippen LogP contribution in [0.2, 0.25) is 0 Å². The lowest BCUT2D eigenvalue weighted by Gasteiger charge is -2.12. The Morgan fingerprint density at radius 3 is 1.84 bits per heavy atom. The molecule has 0 nitrogen and oxygen atoms in total. The van der Waals surface area contributed by atoms with E-state index >= 15 is 0 Å². The average molecular weight is 272 g/mol. The Balaban J connectivity index is 2.50. The smallest absolute Gasteiger partial charge is 0.207 e. The molecule has 0 saturated heterocycles. The summed E-state index contributed by atoms with van der Waals surface area (Å²) >= 11 is 0. The second-order valence-electron chi connectivity index (χ2n) is 4.19. The maximum absolute atomic E-state index is 13.1. The molecule has 19 heavy (non-hydrogen) atoms. The zero-order chi connectivity index (χ0) is 14.2. The maximum atomic E-state index is 13.1. The highest BCUT2D eigenvalue weighted by atomic mass is 19.4. The fourth-order valence-corrected chi connectivity index (χ4v) is 1.88. The first-order chi connectivity index (χ1) is 8.77. The highest BCUT2D eigenvalue weighted by Gasteiger charge is 2.32. The van der Waals surface area contributed by atoms with Gasteiger partial charge in [0.2, 0.25) is 0 Å². The van der Waals surface area contributed by atoms with Gasteiger partial charge in [-0.25, -0.2) is 8.78 Å². The van der Waals surface area contributed by atoms with E-state index in [0.29, 0.717) is 11.6 Å². The van der Waals surface area contributed by atoms with E-state index in [1.807, 2.05) is 0 Å². The molecule has 2 aromatic carbocycles. The second-order valence-corrected chi connectivity index (χ2v) is 4.19. The van der Waals surface area contributed by atoms with Gasteiger partial charge in [-0.05, 0) is 41.8 Å². The molecule has 0 unspecified atom stereocenters. The number of hydrogen-bond acceptors (Lipinski definition) is 0. The summed E-state index contributed by atoms with van der Waals surface area (Å²) in [5, 5.41) is 0. The summed E-state index contributed by atoms with van der Waals surface area (Å²) in [5.74, 6) is -1.54. The van der Waals surface area contributed by atoms with E-state index in [9.17, 15) is 22.0 Å². The molecule has 2 aromatic rings. The Hall–Kier alpha value is -1.91. The van der Waals surface area contributed by atoms with Gasteiger partial charge in [-0.3, -0.25) is 0 Å². The lowest BCUT2D eigenvalue weighted by Crippen LogP contribution is -2.07. The van der Waals surface area contributed by atoms with Gasteiger partial charge < -0.3 is 0 Å². The number of benzene rings is 2. The molecule has 0 radical (unpaired) electrons. The molecule has 0 fully saturated rings. The summed E-state index contributed by atoms with van der Waals surface area (Å²) < 4.78 is 63.9. The van der Waals surface area contributed by atoms with Crippen LogP contribution in [0.25, 0.3) is 11.1 Å². The zero-order valence-electron chi connectivity index (χ0n) is 9.85. The molecule has 0 amide bonds. The molecular weight excluding hydrogens is 263 g/mol. The monoisotopic (exact) mass is 272 g/mol. The number of alkyl halides is 3. The lowest BCUT2D eigenvalue weighted by molar-refractivity contribution is -0.138. The van der Waals surface area contributed by atoms with Crippen molar-refractivity contribution in [1.82, 2.24) is 0 Å². The van der Waals surface area contributed by atoms with Crippen LogP contribution in [-0.2, 0) is 6.18 Å². The van der Waals surface area contributed by atoms with Crippen LogP contribution in [-0.4, -0.2) is 0 Å². The summed E-state index contributed by atoms with van der Waals surface area (Å²) in [5.41, 5.74) is -0.207. The predicted molar refractivity (Wildman–Crippen MR) is 61.5 cm³/mol. The van der Waals surface area contributed by atoms with Gasteiger partial charge in [0, 0.05) is 6.07 Å². The fourth-order valence-electron chi connectivity index (χ4n) is 1.88. The first-order valence-electron chi connectivity index (χ1n) is 5.41. The van der Waals surface area contributed by atoms with Gasteiger partial charge in [0.05, 0.1) is 5.56 Å². The van der Waals surface area contributed by atoms with Gasteiger partial charge in [0.1, 0.15) is 11.6 Å². The number of aryl methyl sites for hydroxylation is 1. The first-order valence-corrected chi connectivity index (χ1v) is 5.41. The summed E-state index contributed by atoms with van der Waals surface area (Å²) in [6.45, 7) is 1.31. The minimum atomic E-state index is -4.43. The highest BCUT2D eigenvalue weighted by molar-refractivity contribution is 5.65. The fraction of sp³-hybridized carbons (Fsp3) is 0.143. The van der Waals surface area contributed by atoms with E-state index < -0.39 is 23.4 Å². The first kappa shape index (κ1) is 13.5. The summed E-state index contributed by atoms with van der Waals surface area (Å²) in [7, 11) is 0. The molecule has 0 spiro atoms.